The predicted octanol–water partition coefficient (Wildman–Crippen LogP) is 16.7. The summed E-state index contributed by atoms with van der Waals surface area (Å²) in [6.07, 6.45) is 5.80. The number of fused-ring (bicyclic) bond motifs is 4. The Morgan fingerprint density at radius 1 is 0.475 bits per heavy atom. The number of rotatable bonds is 9. The molecule has 0 saturated carbocycles. The number of anilines is 3. The molecule has 0 fully saturated rings. The number of hydrogen-bond donors (Lipinski definition) is 0. The minimum absolute atomic E-state index is 0.166. The van der Waals surface area contributed by atoms with E-state index in [2.05, 4.69) is 221 Å². The van der Waals surface area contributed by atoms with Crippen molar-refractivity contribution >= 4 is 34.1 Å². The summed E-state index contributed by atoms with van der Waals surface area (Å²) < 4.78 is 6.79. The number of benzene rings is 8. The first-order valence-electron chi connectivity index (χ1n) is 21.1. The van der Waals surface area contributed by atoms with E-state index in [9.17, 15) is 0 Å². The van der Waals surface area contributed by atoms with Gasteiger partial charge in [-0.05, 0) is 140 Å². The van der Waals surface area contributed by atoms with Crippen LogP contribution in [-0.4, -0.2) is 0 Å². The Morgan fingerprint density at radius 2 is 1.05 bits per heavy atom. The van der Waals surface area contributed by atoms with Crippen molar-refractivity contribution in [2.24, 2.45) is 0 Å². The molecule has 294 valence electrons. The first-order valence-corrected chi connectivity index (χ1v) is 21.1. The van der Waals surface area contributed by atoms with Crippen molar-refractivity contribution in [3.8, 4) is 55.6 Å². The van der Waals surface area contributed by atoms with E-state index in [1.807, 2.05) is 12.2 Å². The van der Waals surface area contributed by atoms with Gasteiger partial charge in [-0.1, -0.05) is 172 Å². The van der Waals surface area contributed by atoms with Gasteiger partial charge in [0.15, 0.2) is 5.76 Å². The maximum Gasteiger partial charge on any atom is 0.152 e. The lowest BCUT2D eigenvalue weighted by atomic mass is 9.82. The molecule has 1 aliphatic rings. The summed E-state index contributed by atoms with van der Waals surface area (Å²) >= 11 is 0. The van der Waals surface area contributed by atoms with Crippen LogP contribution in [0.15, 0.2) is 205 Å². The van der Waals surface area contributed by atoms with Crippen molar-refractivity contribution in [1.29, 1.82) is 0 Å². The van der Waals surface area contributed by atoms with E-state index >= 15 is 0 Å². The van der Waals surface area contributed by atoms with Crippen molar-refractivity contribution in [1.82, 2.24) is 0 Å². The average Bonchev–Trinajstić information content (AvgIpc) is 3.77. The van der Waals surface area contributed by atoms with Crippen LogP contribution in [0.3, 0.4) is 0 Å². The highest BCUT2D eigenvalue weighted by molar-refractivity contribution is 6.03. The molecule has 0 saturated heterocycles. The number of allylic oxidation sites excluding steroid dienone is 2. The fourth-order valence-electron chi connectivity index (χ4n) is 9.35. The van der Waals surface area contributed by atoms with Crippen molar-refractivity contribution in [2.45, 2.75) is 33.1 Å². The number of aryl methyl sites for hydroxylation is 2. The lowest BCUT2D eigenvalue weighted by Gasteiger charge is -2.28. The molecule has 0 N–H and O–H groups in total. The Bertz CT molecular complexity index is 3140. The second kappa shape index (κ2) is 15.3. The molecule has 61 heavy (non-hydrogen) atoms. The van der Waals surface area contributed by atoms with Gasteiger partial charge in [-0.2, -0.15) is 0 Å². The van der Waals surface area contributed by atoms with Crippen LogP contribution in [0.1, 0.15) is 41.9 Å². The largest absolute Gasteiger partial charge is 0.454 e. The first kappa shape index (κ1) is 37.8. The lowest BCUT2D eigenvalue weighted by molar-refractivity contribution is 0.604. The molecule has 2 nitrogen and oxygen atoms in total. The predicted molar refractivity (Wildman–Crippen MR) is 259 cm³/mol. The van der Waals surface area contributed by atoms with Gasteiger partial charge in [0.25, 0.3) is 0 Å². The summed E-state index contributed by atoms with van der Waals surface area (Å²) in [5, 5.41) is 1.03. The smallest absolute Gasteiger partial charge is 0.152 e. The molecule has 8 aromatic carbocycles. The fraction of sp³-hybridized carbons (Fsp3) is 0.0847. The summed E-state index contributed by atoms with van der Waals surface area (Å²) in [4.78, 5) is 2.38. The van der Waals surface area contributed by atoms with Gasteiger partial charge in [-0.15, -0.1) is 0 Å². The van der Waals surface area contributed by atoms with Gasteiger partial charge in [0.05, 0.1) is 0 Å². The first-order chi connectivity index (χ1) is 29.8. The Kier molecular flexibility index (Phi) is 9.49. The Balaban J connectivity index is 1.14. The van der Waals surface area contributed by atoms with Crippen molar-refractivity contribution < 1.29 is 4.42 Å². The molecule has 0 amide bonds. The molecule has 10 rings (SSSR count). The zero-order valence-corrected chi connectivity index (χ0v) is 35.1. The van der Waals surface area contributed by atoms with E-state index < -0.39 is 0 Å². The van der Waals surface area contributed by atoms with Crippen LogP contribution in [0.25, 0.3) is 72.7 Å². The molecule has 1 heterocycles. The van der Waals surface area contributed by atoms with Gasteiger partial charge >= 0.3 is 0 Å². The second-order valence-electron chi connectivity index (χ2n) is 16.7. The second-order valence-corrected chi connectivity index (χ2v) is 16.7. The average molecular weight is 786 g/mol. The van der Waals surface area contributed by atoms with Gasteiger partial charge < -0.3 is 9.32 Å². The van der Waals surface area contributed by atoms with E-state index in [4.69, 9.17) is 4.42 Å². The Hall–Kier alpha value is -7.42. The van der Waals surface area contributed by atoms with Gasteiger partial charge in [0.2, 0.25) is 0 Å². The lowest BCUT2D eigenvalue weighted by Crippen LogP contribution is -2.16. The molecule has 9 aromatic rings. The fourth-order valence-corrected chi connectivity index (χ4v) is 9.35. The summed E-state index contributed by atoms with van der Waals surface area (Å²) in [7, 11) is 0. The monoisotopic (exact) mass is 785 g/mol. The molecule has 0 bridgehead atoms. The van der Waals surface area contributed by atoms with E-state index in [1.165, 1.54) is 61.2 Å². The van der Waals surface area contributed by atoms with Crippen LogP contribution in [0, 0.1) is 13.8 Å². The zero-order valence-electron chi connectivity index (χ0n) is 35.1. The zero-order chi connectivity index (χ0) is 41.7. The summed E-state index contributed by atoms with van der Waals surface area (Å²) in [5.41, 5.74) is 21.1. The van der Waals surface area contributed by atoms with Crippen LogP contribution in [0.2, 0.25) is 0 Å². The van der Waals surface area contributed by atoms with Crippen LogP contribution in [0.4, 0.5) is 17.1 Å². The summed E-state index contributed by atoms with van der Waals surface area (Å²) in [5.74, 6) is 0.765. The van der Waals surface area contributed by atoms with E-state index in [-0.39, 0.29) is 5.41 Å². The molecule has 1 aromatic heterocycles. The summed E-state index contributed by atoms with van der Waals surface area (Å²) in [6, 6.07) is 66.2. The molecule has 0 spiro atoms. The van der Waals surface area contributed by atoms with E-state index in [0.717, 1.165) is 50.5 Å². The number of furan rings is 1. The third kappa shape index (κ3) is 6.71. The van der Waals surface area contributed by atoms with Crippen molar-refractivity contribution in [3.05, 3.63) is 229 Å². The highest BCUT2D eigenvalue weighted by Crippen LogP contribution is 2.52. The van der Waals surface area contributed by atoms with Gasteiger partial charge in [0.1, 0.15) is 11.3 Å². The van der Waals surface area contributed by atoms with Crippen molar-refractivity contribution in [2.75, 3.05) is 4.90 Å². The van der Waals surface area contributed by atoms with Gasteiger partial charge in [-0.3, -0.25) is 0 Å². The maximum absolute atomic E-state index is 6.79. The Labute approximate surface area is 359 Å². The molecule has 0 unspecified atom stereocenters. The third-order valence-electron chi connectivity index (χ3n) is 12.5. The summed E-state index contributed by atoms with van der Waals surface area (Å²) in [6.45, 7) is 13.1. The molecular weight excluding hydrogens is 739 g/mol. The van der Waals surface area contributed by atoms with Gasteiger partial charge in [0, 0.05) is 22.2 Å². The quantitative estimate of drug-likeness (QED) is 0.136. The molecule has 0 atom stereocenters. The number of nitrogens with zero attached hydrogens (tertiary/aromatic N) is 1. The minimum Gasteiger partial charge on any atom is -0.454 e. The Morgan fingerprint density at radius 3 is 1.80 bits per heavy atom. The molecule has 0 radical (unpaired) electrons. The van der Waals surface area contributed by atoms with Crippen LogP contribution in [0.5, 0.6) is 0 Å². The molecular formula is C59H47NO. The number of hydrogen-bond acceptors (Lipinski definition) is 2. The maximum atomic E-state index is 6.79. The minimum atomic E-state index is -0.166. The van der Waals surface area contributed by atoms with Gasteiger partial charge in [-0.25, -0.2) is 0 Å². The van der Waals surface area contributed by atoms with E-state index in [1.54, 1.807) is 6.08 Å². The molecule has 2 heteroatoms. The topological polar surface area (TPSA) is 16.4 Å². The van der Waals surface area contributed by atoms with Crippen LogP contribution in [-0.2, 0) is 5.41 Å². The van der Waals surface area contributed by atoms with Crippen LogP contribution >= 0.6 is 0 Å². The highest BCUT2D eigenvalue weighted by Gasteiger charge is 2.36. The van der Waals surface area contributed by atoms with E-state index in [0.29, 0.717) is 0 Å². The van der Waals surface area contributed by atoms with Crippen LogP contribution < -0.4 is 4.90 Å². The highest BCUT2D eigenvalue weighted by atomic mass is 16.3. The SMILES string of the molecule is C=C/C=C\c1oc2ccc(-c3ccc(-c4ccccc4C)c(C)c3)cc2c1N(c1ccc(-c2cccc(-c3ccccc3)c2)cc1)c1ccc2c(c1)C(C)(C)c1ccccc1-2. The standard InChI is InChI=1S/C59H47NO/c1-6-7-24-57-58(53-37-46(28-34-56(53)61-57)45-27-32-50(40(3)35-45)49-21-12-11-16-39(49)2)60(48-31-33-52-51-22-13-14-23-54(51)59(4,5)55(52)38-48)47-29-25-42(26-30-47)44-20-15-19-43(36-44)41-17-9-8-10-18-41/h6-38H,1H2,2-5H3/b24-7-. The normalized spacial score (nSPS) is 12.7. The molecule has 0 aliphatic heterocycles. The van der Waals surface area contributed by atoms with Crippen molar-refractivity contribution in [3.63, 3.8) is 0 Å². The third-order valence-corrected chi connectivity index (χ3v) is 12.5. The molecule has 1 aliphatic carbocycles.